The molecule has 13 nitrogen and oxygen atoms in total. The summed E-state index contributed by atoms with van der Waals surface area (Å²) in [5.74, 6) is 0.257. The van der Waals surface area contributed by atoms with E-state index in [9.17, 15) is 24.3 Å². The van der Waals surface area contributed by atoms with Gasteiger partial charge in [0.15, 0.2) is 17.2 Å². The van der Waals surface area contributed by atoms with Crippen LogP contribution in [0.4, 0.5) is 0 Å². The monoisotopic (exact) mass is 683 g/mol. The van der Waals surface area contributed by atoms with E-state index in [1.165, 1.54) is 40.6 Å². The van der Waals surface area contributed by atoms with Crippen LogP contribution in [-0.2, 0) is 35.0 Å². The van der Waals surface area contributed by atoms with Crippen LogP contribution in [0.15, 0.2) is 41.2 Å². The third-order valence-corrected chi connectivity index (χ3v) is 8.61. The molecular formula is C36H45NO12. The number of methoxy groups -OCH3 is 5. The first-order chi connectivity index (χ1) is 23.6. The molecule has 0 bridgehead atoms. The number of hydrogen-bond donors (Lipinski definition) is 2. The Kier molecular flexibility index (Phi) is 13.4. The van der Waals surface area contributed by atoms with E-state index in [1.54, 1.807) is 25.3 Å². The first-order valence-electron chi connectivity index (χ1n) is 16.2. The van der Waals surface area contributed by atoms with E-state index in [1.807, 2.05) is 6.07 Å². The van der Waals surface area contributed by atoms with Crippen LogP contribution >= 0.6 is 0 Å². The van der Waals surface area contributed by atoms with Crippen molar-refractivity contribution < 1.29 is 52.6 Å². The second-order valence-electron chi connectivity index (χ2n) is 11.8. The first kappa shape index (κ1) is 37.2. The molecule has 0 saturated heterocycles. The fourth-order valence-electron chi connectivity index (χ4n) is 6.18. The fraction of sp³-hybridized carbons (Fsp3) is 0.500. The van der Waals surface area contributed by atoms with E-state index in [-0.39, 0.29) is 55.8 Å². The smallest absolute Gasteiger partial charge is 0.330 e. The Morgan fingerprint density at radius 2 is 1.73 bits per heavy atom. The lowest BCUT2D eigenvalue weighted by Crippen LogP contribution is -2.30. The molecule has 0 aromatic heterocycles. The van der Waals surface area contributed by atoms with Crippen LogP contribution in [0, 0.1) is 0 Å². The van der Waals surface area contributed by atoms with E-state index < -0.39 is 36.3 Å². The number of hydrogen-bond acceptors (Lipinski definition) is 12. The molecule has 1 heterocycles. The average molecular weight is 684 g/mol. The summed E-state index contributed by atoms with van der Waals surface area (Å²) in [6, 6.07) is 6.19. The van der Waals surface area contributed by atoms with Gasteiger partial charge in [0.1, 0.15) is 12.7 Å². The van der Waals surface area contributed by atoms with Crippen molar-refractivity contribution in [1.82, 2.24) is 5.32 Å². The van der Waals surface area contributed by atoms with Crippen LogP contribution in [0.25, 0.3) is 11.1 Å². The van der Waals surface area contributed by atoms with Gasteiger partial charge >= 0.3 is 11.9 Å². The Morgan fingerprint density at radius 1 is 0.980 bits per heavy atom. The Morgan fingerprint density at radius 3 is 2.41 bits per heavy atom. The molecule has 1 aliphatic heterocycles. The molecule has 0 unspecified atom stereocenters. The van der Waals surface area contributed by atoms with E-state index >= 15 is 0 Å². The maximum absolute atomic E-state index is 13.2. The van der Waals surface area contributed by atoms with Crippen molar-refractivity contribution >= 4 is 17.8 Å². The Balaban J connectivity index is 1.38. The second kappa shape index (κ2) is 17.7. The lowest BCUT2D eigenvalue weighted by Gasteiger charge is -2.24. The molecule has 2 aromatic rings. The lowest BCUT2D eigenvalue weighted by atomic mass is 9.95. The number of amides is 1. The number of fused-ring (bicyclic) bond motifs is 3. The highest BCUT2D eigenvalue weighted by atomic mass is 16.6. The van der Waals surface area contributed by atoms with Crippen molar-refractivity contribution in [1.29, 1.82) is 0 Å². The number of rotatable bonds is 16. The van der Waals surface area contributed by atoms with Gasteiger partial charge in [-0.15, -0.1) is 0 Å². The minimum absolute atomic E-state index is 0.00286. The average Bonchev–Trinajstić information content (AvgIpc) is 3.33. The Bertz CT molecular complexity index is 1590. The summed E-state index contributed by atoms with van der Waals surface area (Å²) in [7, 11) is 7.47. The number of cyclic esters (lactones) is 1. The number of carbonyl (C=O) groups excluding carboxylic acids is 3. The number of esters is 2. The molecule has 2 aromatic carbocycles. The standard InChI is InChI=1S/C36H45NO12/c1-43-24(18-22(38)17-23-8-6-11-33(42)49-23)20-48-32(41)10-7-9-31(40)37-27-14-12-21-16-30(45-3)35(46-4)36(47-5)34(21)25-13-15-29(44-2)28(39)19-26(25)27/h6,11,13,15-16,19,22-24,27,38H,7-10,12,14,17-18,20H2,1-5H3,(H,37,40)/t22-,23+,24+,27+/m1/s1. The van der Waals surface area contributed by atoms with Crippen LogP contribution in [0.1, 0.15) is 62.1 Å². The predicted molar refractivity (Wildman–Crippen MR) is 178 cm³/mol. The number of benzene rings is 1. The maximum Gasteiger partial charge on any atom is 0.330 e. The lowest BCUT2D eigenvalue weighted by molar-refractivity contribution is -0.150. The minimum Gasteiger partial charge on any atom is -0.493 e. The number of aliphatic hydroxyl groups excluding tert-OH is 1. The fourth-order valence-corrected chi connectivity index (χ4v) is 6.18. The molecule has 1 amide bonds. The van der Waals surface area contributed by atoms with Gasteiger partial charge in [-0.25, -0.2) is 4.79 Å². The summed E-state index contributed by atoms with van der Waals surface area (Å²) < 4.78 is 38.2. The van der Waals surface area contributed by atoms with Gasteiger partial charge in [0.2, 0.25) is 17.1 Å². The summed E-state index contributed by atoms with van der Waals surface area (Å²) >= 11 is 0. The van der Waals surface area contributed by atoms with Gasteiger partial charge in [-0.3, -0.25) is 14.4 Å². The van der Waals surface area contributed by atoms with Crippen LogP contribution in [-0.4, -0.2) is 83.4 Å². The third-order valence-electron chi connectivity index (χ3n) is 8.61. The zero-order chi connectivity index (χ0) is 35.5. The van der Waals surface area contributed by atoms with Crippen molar-refractivity contribution in [2.75, 3.05) is 42.2 Å². The molecule has 4 atom stereocenters. The molecule has 13 heteroatoms. The molecule has 0 saturated carbocycles. The second-order valence-corrected chi connectivity index (χ2v) is 11.8. The molecule has 0 radical (unpaired) electrons. The van der Waals surface area contributed by atoms with E-state index in [2.05, 4.69) is 5.32 Å². The van der Waals surface area contributed by atoms with Crippen molar-refractivity contribution in [3.05, 3.63) is 57.8 Å². The van der Waals surface area contributed by atoms with Crippen molar-refractivity contribution in [3.8, 4) is 34.1 Å². The van der Waals surface area contributed by atoms with Gasteiger partial charge in [0.25, 0.3) is 0 Å². The molecule has 0 spiro atoms. The summed E-state index contributed by atoms with van der Waals surface area (Å²) in [5, 5.41) is 13.5. The first-order valence-corrected chi connectivity index (χ1v) is 16.2. The highest BCUT2D eigenvalue weighted by molar-refractivity contribution is 5.84. The van der Waals surface area contributed by atoms with Crippen LogP contribution in [0.3, 0.4) is 0 Å². The summed E-state index contributed by atoms with van der Waals surface area (Å²) in [5.41, 5.74) is 2.54. The largest absolute Gasteiger partial charge is 0.493 e. The zero-order valence-electron chi connectivity index (χ0n) is 28.6. The predicted octanol–water partition coefficient (Wildman–Crippen LogP) is 3.59. The molecule has 49 heavy (non-hydrogen) atoms. The SMILES string of the molecule is COc1cc2c(c(OC)c1OC)-c1ccc(OC)c(=O)cc1[C@@H](NC(=O)CCCC(=O)OC[C@H](C[C@H](O)C[C@@H]1CC=CC(=O)O1)OC)CC2. The van der Waals surface area contributed by atoms with Gasteiger partial charge in [0.05, 0.1) is 46.7 Å². The van der Waals surface area contributed by atoms with Crippen LogP contribution < -0.4 is 29.7 Å². The molecule has 2 aliphatic rings. The Labute approximate surface area is 285 Å². The van der Waals surface area contributed by atoms with Gasteiger partial charge in [-0.1, -0.05) is 12.1 Å². The molecule has 2 N–H and O–H groups in total. The summed E-state index contributed by atoms with van der Waals surface area (Å²) in [6.07, 6.45) is 3.53. The highest BCUT2D eigenvalue weighted by Gasteiger charge is 2.30. The van der Waals surface area contributed by atoms with Gasteiger partial charge in [0, 0.05) is 50.9 Å². The van der Waals surface area contributed by atoms with Crippen LogP contribution in [0.2, 0.25) is 0 Å². The van der Waals surface area contributed by atoms with Gasteiger partial charge < -0.3 is 43.6 Å². The van der Waals surface area contributed by atoms with Crippen molar-refractivity contribution in [2.24, 2.45) is 0 Å². The number of ether oxygens (including phenoxy) is 7. The molecule has 266 valence electrons. The molecule has 0 fully saturated rings. The third kappa shape index (κ3) is 9.51. The number of carbonyl (C=O) groups is 3. The van der Waals surface area contributed by atoms with Crippen molar-refractivity contribution in [3.63, 3.8) is 0 Å². The number of nitrogens with one attached hydrogen (secondary N) is 1. The van der Waals surface area contributed by atoms with Crippen molar-refractivity contribution in [2.45, 2.75) is 75.7 Å². The molecule has 4 rings (SSSR count). The summed E-state index contributed by atoms with van der Waals surface area (Å²) in [4.78, 5) is 50.2. The van der Waals surface area contributed by atoms with E-state index in [4.69, 9.17) is 33.2 Å². The normalized spacial score (nSPS) is 17.7. The molecular weight excluding hydrogens is 638 g/mol. The highest BCUT2D eigenvalue weighted by Crippen LogP contribution is 2.50. The topological polar surface area (TPSA) is 165 Å². The number of aliphatic hydroxyl groups is 1. The van der Waals surface area contributed by atoms with E-state index in [0.717, 1.165) is 11.1 Å². The number of aryl methyl sites for hydroxylation is 1. The zero-order valence-corrected chi connectivity index (χ0v) is 28.6. The van der Waals surface area contributed by atoms with Gasteiger partial charge in [-0.05, 0) is 54.2 Å². The minimum atomic E-state index is -0.815. The van der Waals surface area contributed by atoms with Crippen LogP contribution in [0.5, 0.6) is 23.0 Å². The summed E-state index contributed by atoms with van der Waals surface area (Å²) in [6.45, 7) is -0.0700. The Hall–Kier alpha value is -4.62. The maximum atomic E-state index is 13.2. The van der Waals surface area contributed by atoms with Gasteiger partial charge in [-0.2, -0.15) is 0 Å². The van der Waals surface area contributed by atoms with E-state index in [0.29, 0.717) is 47.6 Å². The quantitative estimate of drug-likeness (QED) is 0.248. The molecule has 1 aliphatic carbocycles.